The lowest BCUT2D eigenvalue weighted by Crippen LogP contribution is -2.12. The van der Waals surface area contributed by atoms with Crippen LogP contribution in [-0.2, 0) is 16.0 Å². The number of ether oxygens (including phenoxy) is 2. The van der Waals surface area contributed by atoms with Crippen LogP contribution in [0.1, 0.15) is 22.8 Å². The van der Waals surface area contributed by atoms with Crippen LogP contribution in [0.4, 0.5) is 0 Å². The van der Waals surface area contributed by atoms with Crippen LogP contribution >= 0.6 is 0 Å². The van der Waals surface area contributed by atoms with Gasteiger partial charge < -0.3 is 14.6 Å². The number of carbonyl (C=O) groups excluding carboxylic acids is 1. The standard InChI is InChI=1S/C12H14O5/c1-3-17-10(13)7-8-5-4-6-9(16-2)11(8)12(14)15/h4-6H,3,7H2,1-2H3,(H,14,15). The van der Waals surface area contributed by atoms with Crippen molar-refractivity contribution in [3.8, 4) is 5.75 Å². The SMILES string of the molecule is CCOC(=O)Cc1cccc(OC)c1C(=O)O. The van der Waals surface area contributed by atoms with E-state index in [0.29, 0.717) is 5.56 Å². The third kappa shape index (κ3) is 3.21. The van der Waals surface area contributed by atoms with Crippen LogP contribution in [0.3, 0.4) is 0 Å². The van der Waals surface area contributed by atoms with Crippen LogP contribution in [0, 0.1) is 0 Å². The lowest BCUT2D eigenvalue weighted by Gasteiger charge is -2.09. The highest BCUT2D eigenvalue weighted by atomic mass is 16.5. The second kappa shape index (κ2) is 5.89. The number of carbonyl (C=O) groups is 2. The number of benzene rings is 1. The average Bonchev–Trinajstić information content (AvgIpc) is 2.28. The van der Waals surface area contributed by atoms with Gasteiger partial charge in [-0.25, -0.2) is 4.79 Å². The molecule has 0 fully saturated rings. The summed E-state index contributed by atoms with van der Waals surface area (Å²) >= 11 is 0. The van der Waals surface area contributed by atoms with Crippen LogP contribution in [0.2, 0.25) is 0 Å². The van der Waals surface area contributed by atoms with Crippen molar-refractivity contribution in [2.75, 3.05) is 13.7 Å². The van der Waals surface area contributed by atoms with E-state index in [4.69, 9.17) is 14.6 Å². The molecule has 5 nitrogen and oxygen atoms in total. The first-order valence-electron chi connectivity index (χ1n) is 5.15. The maximum Gasteiger partial charge on any atom is 0.339 e. The first-order chi connectivity index (χ1) is 8.10. The summed E-state index contributed by atoms with van der Waals surface area (Å²) in [4.78, 5) is 22.4. The molecule has 0 atom stereocenters. The summed E-state index contributed by atoms with van der Waals surface area (Å²) in [6, 6.07) is 4.75. The van der Waals surface area contributed by atoms with Gasteiger partial charge in [0.2, 0.25) is 0 Å². The maximum atomic E-state index is 11.3. The Kier molecular flexibility index (Phi) is 4.51. The normalized spacial score (nSPS) is 9.76. The van der Waals surface area contributed by atoms with E-state index in [2.05, 4.69) is 0 Å². The van der Waals surface area contributed by atoms with Crippen LogP contribution in [0.5, 0.6) is 5.75 Å². The van der Waals surface area contributed by atoms with Crippen molar-refractivity contribution in [3.05, 3.63) is 29.3 Å². The van der Waals surface area contributed by atoms with Gasteiger partial charge in [-0.2, -0.15) is 0 Å². The molecule has 0 spiro atoms. The molecule has 0 heterocycles. The molecule has 0 saturated carbocycles. The van der Waals surface area contributed by atoms with Crippen LogP contribution in [0.25, 0.3) is 0 Å². The average molecular weight is 238 g/mol. The minimum absolute atomic E-state index is 0.00283. The summed E-state index contributed by atoms with van der Waals surface area (Å²) in [7, 11) is 1.38. The number of hydrogen-bond acceptors (Lipinski definition) is 4. The van der Waals surface area contributed by atoms with E-state index in [1.54, 1.807) is 19.1 Å². The smallest absolute Gasteiger partial charge is 0.339 e. The Labute approximate surface area is 99.0 Å². The zero-order chi connectivity index (χ0) is 12.8. The van der Waals surface area contributed by atoms with Crippen molar-refractivity contribution in [3.63, 3.8) is 0 Å². The van der Waals surface area contributed by atoms with Crippen molar-refractivity contribution in [2.24, 2.45) is 0 Å². The quantitative estimate of drug-likeness (QED) is 0.787. The van der Waals surface area contributed by atoms with E-state index in [1.165, 1.54) is 13.2 Å². The fraction of sp³-hybridized carbons (Fsp3) is 0.333. The number of carboxylic acids is 1. The van der Waals surface area contributed by atoms with Gasteiger partial charge in [0.15, 0.2) is 0 Å². The van der Waals surface area contributed by atoms with Crippen molar-refractivity contribution in [2.45, 2.75) is 13.3 Å². The fourth-order valence-electron chi connectivity index (χ4n) is 1.50. The van der Waals surface area contributed by atoms with Crippen molar-refractivity contribution in [1.29, 1.82) is 0 Å². The number of aromatic carboxylic acids is 1. The highest BCUT2D eigenvalue weighted by molar-refractivity contribution is 5.94. The van der Waals surface area contributed by atoms with Gasteiger partial charge in [0, 0.05) is 0 Å². The Morgan fingerprint density at radius 3 is 2.59 bits per heavy atom. The number of rotatable bonds is 5. The van der Waals surface area contributed by atoms with Gasteiger partial charge in [-0.05, 0) is 18.6 Å². The third-order valence-electron chi connectivity index (χ3n) is 2.19. The predicted octanol–water partition coefficient (Wildman–Crippen LogP) is 1.50. The Bertz CT molecular complexity index is 425. The second-order valence-electron chi connectivity index (χ2n) is 3.28. The van der Waals surface area contributed by atoms with Crippen LogP contribution < -0.4 is 4.74 Å². The number of hydrogen-bond donors (Lipinski definition) is 1. The Morgan fingerprint density at radius 1 is 1.35 bits per heavy atom. The largest absolute Gasteiger partial charge is 0.496 e. The van der Waals surface area contributed by atoms with E-state index in [1.807, 2.05) is 0 Å². The van der Waals surface area contributed by atoms with Gasteiger partial charge >= 0.3 is 11.9 Å². The number of esters is 1. The Hall–Kier alpha value is -2.04. The van der Waals surface area contributed by atoms with Gasteiger partial charge in [-0.3, -0.25) is 4.79 Å². The second-order valence-corrected chi connectivity index (χ2v) is 3.28. The van der Waals surface area contributed by atoms with E-state index >= 15 is 0 Å². The molecule has 1 rings (SSSR count). The number of carboxylic acid groups (broad SMARTS) is 1. The predicted molar refractivity (Wildman–Crippen MR) is 60.3 cm³/mol. The first-order valence-corrected chi connectivity index (χ1v) is 5.15. The molecule has 1 aromatic carbocycles. The lowest BCUT2D eigenvalue weighted by atomic mass is 10.0. The summed E-state index contributed by atoms with van der Waals surface area (Å²) in [5, 5.41) is 9.09. The molecule has 0 unspecified atom stereocenters. The molecule has 1 N–H and O–H groups in total. The van der Waals surface area contributed by atoms with Gasteiger partial charge in [-0.15, -0.1) is 0 Å². The summed E-state index contributed by atoms with van der Waals surface area (Å²) in [5.41, 5.74) is 0.387. The van der Waals surface area contributed by atoms with Crippen molar-refractivity contribution in [1.82, 2.24) is 0 Å². The lowest BCUT2D eigenvalue weighted by molar-refractivity contribution is -0.142. The highest BCUT2D eigenvalue weighted by Gasteiger charge is 2.18. The molecule has 0 amide bonds. The zero-order valence-electron chi connectivity index (χ0n) is 9.73. The van der Waals surface area contributed by atoms with Gasteiger partial charge in [-0.1, -0.05) is 12.1 Å². The third-order valence-corrected chi connectivity index (χ3v) is 2.19. The van der Waals surface area contributed by atoms with Crippen LogP contribution in [-0.4, -0.2) is 30.8 Å². The molecular formula is C12H14O5. The summed E-state index contributed by atoms with van der Waals surface area (Å²) < 4.78 is 9.74. The minimum Gasteiger partial charge on any atom is -0.496 e. The molecule has 0 radical (unpaired) electrons. The van der Waals surface area contributed by atoms with E-state index in [-0.39, 0.29) is 24.3 Å². The van der Waals surface area contributed by atoms with Crippen molar-refractivity contribution >= 4 is 11.9 Å². The molecule has 17 heavy (non-hydrogen) atoms. The molecule has 0 aliphatic carbocycles. The highest BCUT2D eigenvalue weighted by Crippen LogP contribution is 2.22. The van der Waals surface area contributed by atoms with E-state index in [9.17, 15) is 9.59 Å². The molecule has 0 saturated heterocycles. The molecular weight excluding hydrogens is 224 g/mol. The van der Waals surface area contributed by atoms with Crippen molar-refractivity contribution < 1.29 is 24.2 Å². The van der Waals surface area contributed by atoms with Gasteiger partial charge in [0.25, 0.3) is 0 Å². The van der Waals surface area contributed by atoms with E-state index < -0.39 is 11.9 Å². The topological polar surface area (TPSA) is 72.8 Å². The summed E-state index contributed by atoms with van der Waals surface area (Å²) in [6.45, 7) is 1.97. The van der Waals surface area contributed by atoms with E-state index in [0.717, 1.165) is 0 Å². The first kappa shape index (κ1) is 13.0. The molecule has 92 valence electrons. The Balaban J connectivity index is 3.06. The van der Waals surface area contributed by atoms with Gasteiger partial charge in [0.05, 0.1) is 20.1 Å². The summed E-state index contributed by atoms with van der Waals surface area (Å²) in [5.74, 6) is -1.34. The molecule has 0 bridgehead atoms. The fourth-order valence-corrected chi connectivity index (χ4v) is 1.50. The molecule has 0 aliphatic heterocycles. The molecule has 5 heteroatoms. The monoisotopic (exact) mass is 238 g/mol. The Morgan fingerprint density at radius 2 is 2.06 bits per heavy atom. The zero-order valence-corrected chi connectivity index (χ0v) is 9.73. The molecule has 0 aromatic heterocycles. The molecule has 0 aliphatic rings. The van der Waals surface area contributed by atoms with Gasteiger partial charge in [0.1, 0.15) is 11.3 Å². The number of methoxy groups -OCH3 is 1. The van der Waals surface area contributed by atoms with Crippen LogP contribution in [0.15, 0.2) is 18.2 Å². The maximum absolute atomic E-state index is 11.3. The molecule has 1 aromatic rings. The summed E-state index contributed by atoms with van der Waals surface area (Å²) in [6.07, 6.45) is -0.0767. The minimum atomic E-state index is -1.12.